The summed E-state index contributed by atoms with van der Waals surface area (Å²) in [6, 6.07) is 6.14. The molecule has 53 heavy (non-hydrogen) atoms. The van der Waals surface area contributed by atoms with E-state index in [1.807, 2.05) is 61.5 Å². The number of Topliss-reactive ketones (excluding diaryl/α,β-unsaturated/α-hetero) is 1. The number of rotatable bonds is 21. The van der Waals surface area contributed by atoms with Crippen molar-refractivity contribution in [3.8, 4) is 0 Å². The molecule has 9 atom stereocenters. The van der Waals surface area contributed by atoms with Crippen LogP contribution in [-0.2, 0) is 28.7 Å². The van der Waals surface area contributed by atoms with Crippen molar-refractivity contribution < 1.29 is 33.4 Å². The van der Waals surface area contributed by atoms with Crippen LogP contribution in [0, 0.1) is 23.7 Å². The van der Waals surface area contributed by atoms with Gasteiger partial charge < -0.3 is 35.2 Å². The lowest BCUT2D eigenvalue weighted by atomic mass is 9.89. The second kappa shape index (κ2) is 21.5. The van der Waals surface area contributed by atoms with Crippen molar-refractivity contribution in [1.82, 2.24) is 25.8 Å². The van der Waals surface area contributed by atoms with Crippen LogP contribution in [0.4, 0.5) is 0 Å². The van der Waals surface area contributed by atoms with Gasteiger partial charge in [0.2, 0.25) is 23.6 Å². The molecule has 1 aliphatic rings. The molecule has 1 aliphatic heterocycles. The molecule has 0 aliphatic carbocycles. The van der Waals surface area contributed by atoms with Crippen LogP contribution in [0.1, 0.15) is 105 Å². The molecule has 12 heteroatoms. The van der Waals surface area contributed by atoms with E-state index in [0.717, 1.165) is 12.8 Å². The molecule has 1 aromatic rings. The van der Waals surface area contributed by atoms with Gasteiger partial charge in [-0.15, -0.1) is 0 Å². The molecule has 1 fully saturated rings. The molecule has 3 N–H and O–H groups in total. The number of hydrogen-bond donors (Lipinski definition) is 3. The van der Waals surface area contributed by atoms with Crippen LogP contribution in [0.5, 0.6) is 0 Å². The van der Waals surface area contributed by atoms with Crippen molar-refractivity contribution in [1.29, 1.82) is 0 Å². The summed E-state index contributed by atoms with van der Waals surface area (Å²) in [5, 5.41) is 9.20. The zero-order valence-electron chi connectivity index (χ0n) is 34.6. The van der Waals surface area contributed by atoms with Gasteiger partial charge in [0.05, 0.1) is 48.7 Å². The molecule has 1 unspecified atom stereocenters. The number of nitrogens with zero attached hydrogens (tertiary/aromatic N) is 2. The third kappa shape index (κ3) is 12.3. The number of likely N-dealkylation sites (tertiary alicyclic amines) is 1. The van der Waals surface area contributed by atoms with Gasteiger partial charge in [-0.3, -0.25) is 24.0 Å². The van der Waals surface area contributed by atoms with Gasteiger partial charge in [0.25, 0.3) is 0 Å². The first kappa shape index (κ1) is 45.8. The van der Waals surface area contributed by atoms with Crippen molar-refractivity contribution in [2.45, 2.75) is 143 Å². The standard InChI is InChI=1S/C41H69N5O7/c1-14-27(8)36(45(11)41(51)35(25(4)5)44-40(50)34(24(2)3)42-26(6)7)32(52-12)23-33(47)46-22-18-21-31(46)38(53-13)28(9)39(49)43-29(10)37(48)30-19-16-15-17-20-30/h15-17,19-20,24-29,31-32,34-36,38,42H,14,18,21-23H2,1-13H3,(H,43,49)(H,44,50)/t27-,28+,29+,31-,32+,34-,35?,36-,38+/m0/s1. The average molecular weight is 744 g/mol. The van der Waals surface area contributed by atoms with Gasteiger partial charge in [-0.25, -0.2) is 0 Å². The van der Waals surface area contributed by atoms with Crippen molar-refractivity contribution in [3.63, 3.8) is 0 Å². The first-order valence-electron chi connectivity index (χ1n) is 19.5. The maximum absolute atomic E-state index is 14.2. The molecule has 300 valence electrons. The zero-order valence-corrected chi connectivity index (χ0v) is 34.6. The van der Waals surface area contributed by atoms with E-state index in [-0.39, 0.29) is 65.7 Å². The molecule has 1 aromatic carbocycles. The number of hydrogen-bond acceptors (Lipinski definition) is 8. The lowest BCUT2D eigenvalue weighted by Crippen LogP contribution is -2.60. The Labute approximate surface area is 318 Å². The van der Waals surface area contributed by atoms with Crippen molar-refractivity contribution in [2.24, 2.45) is 23.7 Å². The third-order valence-electron chi connectivity index (χ3n) is 10.8. The molecule has 1 heterocycles. The fourth-order valence-corrected chi connectivity index (χ4v) is 7.47. The Morgan fingerprint density at radius 1 is 0.849 bits per heavy atom. The Bertz CT molecular complexity index is 1340. The molecule has 4 amide bonds. The third-order valence-corrected chi connectivity index (χ3v) is 10.8. The normalized spacial score (nSPS) is 19.2. The largest absolute Gasteiger partial charge is 0.379 e. The number of ketones is 1. The lowest BCUT2D eigenvalue weighted by molar-refractivity contribution is -0.147. The summed E-state index contributed by atoms with van der Waals surface area (Å²) in [6.45, 7) is 19.7. The summed E-state index contributed by atoms with van der Waals surface area (Å²) in [5.41, 5.74) is 0.516. The first-order chi connectivity index (χ1) is 24.9. The Morgan fingerprint density at radius 2 is 1.45 bits per heavy atom. The second-order valence-electron chi connectivity index (χ2n) is 15.8. The average Bonchev–Trinajstić information content (AvgIpc) is 3.61. The van der Waals surface area contributed by atoms with Crippen molar-refractivity contribution >= 4 is 29.4 Å². The summed E-state index contributed by atoms with van der Waals surface area (Å²) in [4.78, 5) is 71.7. The lowest BCUT2D eigenvalue weighted by Gasteiger charge is -2.41. The van der Waals surface area contributed by atoms with E-state index in [1.165, 1.54) is 7.11 Å². The summed E-state index contributed by atoms with van der Waals surface area (Å²) in [5.74, 6) is -1.96. The molecule has 2 rings (SSSR count). The monoisotopic (exact) mass is 744 g/mol. The van der Waals surface area contributed by atoms with Crippen LogP contribution in [0.2, 0.25) is 0 Å². The highest BCUT2D eigenvalue weighted by atomic mass is 16.5. The van der Waals surface area contributed by atoms with Gasteiger partial charge in [0.1, 0.15) is 6.04 Å². The number of methoxy groups -OCH3 is 2. The Kier molecular flexibility index (Phi) is 18.6. The maximum atomic E-state index is 14.2. The molecule has 0 aromatic heterocycles. The Balaban J connectivity index is 2.25. The van der Waals surface area contributed by atoms with E-state index in [2.05, 4.69) is 16.0 Å². The molecule has 0 saturated carbocycles. The number of amides is 4. The van der Waals surface area contributed by atoms with Gasteiger partial charge in [0, 0.05) is 39.4 Å². The zero-order chi connectivity index (χ0) is 40.2. The number of nitrogens with one attached hydrogen (secondary N) is 3. The fraction of sp³-hybridized carbons (Fsp3) is 0.732. The van der Waals surface area contributed by atoms with Gasteiger partial charge >= 0.3 is 0 Å². The van der Waals surface area contributed by atoms with Crippen molar-refractivity contribution in [2.75, 3.05) is 27.8 Å². The van der Waals surface area contributed by atoms with E-state index >= 15 is 0 Å². The van der Waals surface area contributed by atoms with Crippen molar-refractivity contribution in [3.05, 3.63) is 35.9 Å². The Morgan fingerprint density at radius 3 is 1.96 bits per heavy atom. The number of benzene rings is 1. The highest BCUT2D eigenvalue weighted by Crippen LogP contribution is 2.30. The molecule has 0 bridgehead atoms. The van der Waals surface area contributed by atoms with E-state index < -0.39 is 42.3 Å². The highest BCUT2D eigenvalue weighted by molar-refractivity contribution is 6.01. The SMILES string of the molecule is CC[C@H](C)[C@@H]([C@@H](CC(=O)N1CCC[C@H]1[C@H](OC)[C@@H](C)C(=O)N[C@H](C)C(=O)c1ccccc1)OC)N(C)C(=O)C(NC(=O)[C@@H](NC(C)C)C(C)C)C(C)C. The molecular weight excluding hydrogens is 674 g/mol. The molecule has 1 saturated heterocycles. The van der Waals surface area contributed by atoms with Crippen LogP contribution in [0.15, 0.2) is 30.3 Å². The topological polar surface area (TPSA) is 146 Å². The minimum atomic E-state index is -0.772. The number of carbonyl (C=O) groups is 5. The van der Waals surface area contributed by atoms with Gasteiger partial charge in [0.15, 0.2) is 5.78 Å². The number of carbonyl (C=O) groups excluding carboxylic acids is 5. The predicted octanol–water partition coefficient (Wildman–Crippen LogP) is 4.46. The number of likely N-dealkylation sites (N-methyl/N-ethyl adjacent to an activating group) is 1. The van der Waals surface area contributed by atoms with Crippen LogP contribution in [-0.4, -0.2) is 115 Å². The molecule has 0 radical (unpaired) electrons. The minimum absolute atomic E-state index is 0.0195. The first-order valence-corrected chi connectivity index (χ1v) is 19.5. The fourth-order valence-electron chi connectivity index (χ4n) is 7.47. The van der Waals surface area contributed by atoms with Crippen LogP contribution >= 0.6 is 0 Å². The van der Waals surface area contributed by atoms with Gasteiger partial charge in [-0.2, -0.15) is 0 Å². The van der Waals surface area contributed by atoms with Crippen LogP contribution in [0.25, 0.3) is 0 Å². The van der Waals surface area contributed by atoms with Gasteiger partial charge in [-0.1, -0.05) is 99.1 Å². The highest BCUT2D eigenvalue weighted by Gasteiger charge is 2.43. The summed E-state index contributed by atoms with van der Waals surface area (Å²) >= 11 is 0. The quantitative estimate of drug-likeness (QED) is 0.157. The Hall–Kier alpha value is -3.35. The summed E-state index contributed by atoms with van der Waals surface area (Å²) in [6.07, 6.45) is 0.922. The number of ether oxygens (including phenoxy) is 2. The maximum Gasteiger partial charge on any atom is 0.245 e. The van der Waals surface area contributed by atoms with E-state index in [0.29, 0.717) is 18.5 Å². The van der Waals surface area contributed by atoms with Crippen LogP contribution in [0.3, 0.4) is 0 Å². The predicted molar refractivity (Wildman–Crippen MR) is 208 cm³/mol. The minimum Gasteiger partial charge on any atom is -0.379 e. The second-order valence-corrected chi connectivity index (χ2v) is 15.8. The van der Waals surface area contributed by atoms with E-state index in [1.54, 1.807) is 62.1 Å². The molecule has 0 spiro atoms. The smallest absolute Gasteiger partial charge is 0.245 e. The summed E-state index contributed by atoms with van der Waals surface area (Å²) in [7, 11) is 4.83. The van der Waals surface area contributed by atoms with Gasteiger partial charge in [-0.05, 0) is 37.5 Å². The molecular formula is C41H69N5O7. The summed E-state index contributed by atoms with van der Waals surface area (Å²) < 4.78 is 11.9. The van der Waals surface area contributed by atoms with E-state index in [9.17, 15) is 24.0 Å². The van der Waals surface area contributed by atoms with E-state index in [4.69, 9.17) is 9.47 Å². The molecule has 12 nitrogen and oxygen atoms in total. The van der Waals surface area contributed by atoms with Crippen LogP contribution < -0.4 is 16.0 Å².